The molecular weight excluding hydrogens is 364 g/mol. The van der Waals surface area contributed by atoms with Crippen LogP contribution in [0.25, 0.3) is 0 Å². The van der Waals surface area contributed by atoms with Gasteiger partial charge in [0.05, 0.1) is 11.8 Å². The van der Waals surface area contributed by atoms with Gasteiger partial charge in [-0.3, -0.25) is 4.79 Å². The van der Waals surface area contributed by atoms with E-state index in [4.69, 9.17) is 5.11 Å². The van der Waals surface area contributed by atoms with Crippen LogP contribution in [0.1, 0.15) is 5.56 Å². The van der Waals surface area contributed by atoms with Gasteiger partial charge >= 0.3 is 18.2 Å². The Morgan fingerprint density at radius 3 is 2.56 bits per heavy atom. The number of nitrogens with zero attached hydrogens (tertiary/aromatic N) is 1. The fourth-order valence-corrected chi connectivity index (χ4v) is 3.36. The first kappa shape index (κ1) is 19.4. The zero-order valence-electron chi connectivity index (χ0n) is 13.1. The van der Waals surface area contributed by atoms with Crippen LogP contribution in [-0.4, -0.2) is 47.5 Å². The smallest absolute Gasteiger partial charge is 0.394 e. The second-order valence-corrected chi connectivity index (χ2v) is 6.43. The lowest BCUT2D eigenvalue weighted by molar-refractivity contribution is -0.187. The van der Waals surface area contributed by atoms with Gasteiger partial charge in [-0.1, -0.05) is 6.07 Å². The zero-order valence-corrected chi connectivity index (χ0v) is 14.0. The van der Waals surface area contributed by atoms with Crippen molar-refractivity contribution in [1.82, 2.24) is 10.2 Å². The van der Waals surface area contributed by atoms with E-state index in [0.29, 0.717) is 4.90 Å². The predicted octanol–water partition coefficient (Wildman–Crippen LogP) is 2.95. The van der Waals surface area contributed by atoms with Crippen molar-refractivity contribution in [3.8, 4) is 0 Å². The molecule has 2 atom stereocenters. The molecule has 5 nitrogen and oxygen atoms in total. The van der Waals surface area contributed by atoms with Crippen LogP contribution in [0.15, 0.2) is 23.1 Å². The average molecular weight is 380 g/mol. The third-order valence-electron chi connectivity index (χ3n) is 4.06. The minimum absolute atomic E-state index is 0.202. The molecular formula is C15H16F4N2O3S. The Labute approximate surface area is 145 Å². The standard InChI is InChI=1S/C15H16F4N2O3S/c1-25-12-4-2-3-11(16)8(12)5-20-14(24)21-6-9(13(22)23)10(7-21)15(17,18)19/h2-4,9-10H,5-7H2,1H3,(H,20,24)(H,22,23)/t9-,10-/m1/s1. The number of alkyl halides is 3. The van der Waals surface area contributed by atoms with Crippen molar-refractivity contribution in [2.24, 2.45) is 11.8 Å². The molecule has 2 amide bonds. The zero-order chi connectivity index (χ0) is 18.8. The number of rotatable bonds is 4. The largest absolute Gasteiger partial charge is 0.481 e. The summed E-state index contributed by atoms with van der Waals surface area (Å²) in [4.78, 5) is 24.5. The lowest BCUT2D eigenvalue weighted by atomic mass is 9.96. The third-order valence-corrected chi connectivity index (χ3v) is 4.88. The van der Waals surface area contributed by atoms with Gasteiger partial charge in [0.2, 0.25) is 0 Å². The van der Waals surface area contributed by atoms with Crippen molar-refractivity contribution in [3.63, 3.8) is 0 Å². The number of thioether (sulfide) groups is 1. The summed E-state index contributed by atoms with van der Waals surface area (Å²) in [5.74, 6) is -5.96. The lowest BCUT2D eigenvalue weighted by Gasteiger charge is -2.19. The molecule has 0 aromatic heterocycles. The van der Waals surface area contributed by atoms with Crippen LogP contribution in [0, 0.1) is 17.7 Å². The Balaban J connectivity index is 2.06. The fraction of sp³-hybridized carbons (Fsp3) is 0.467. The Bertz CT molecular complexity index is 669. The number of urea groups is 1. The number of carboxylic acid groups (broad SMARTS) is 1. The molecule has 1 saturated heterocycles. The molecule has 1 fully saturated rings. The van der Waals surface area contributed by atoms with Crippen LogP contribution < -0.4 is 5.32 Å². The second kappa shape index (κ2) is 7.51. The first-order valence-electron chi connectivity index (χ1n) is 7.28. The number of amides is 2. The molecule has 0 aliphatic carbocycles. The molecule has 0 unspecified atom stereocenters. The number of carbonyl (C=O) groups is 2. The number of nitrogens with one attached hydrogen (secondary N) is 1. The minimum Gasteiger partial charge on any atom is -0.481 e. The maximum atomic E-state index is 13.8. The average Bonchev–Trinajstić information content (AvgIpc) is 2.99. The Morgan fingerprint density at radius 2 is 2.04 bits per heavy atom. The monoisotopic (exact) mass is 380 g/mol. The highest BCUT2D eigenvalue weighted by molar-refractivity contribution is 7.98. The minimum atomic E-state index is -4.71. The normalized spacial score (nSPS) is 20.6. The van der Waals surface area contributed by atoms with Crippen molar-refractivity contribution in [3.05, 3.63) is 29.6 Å². The van der Waals surface area contributed by atoms with Crippen LogP contribution in [0.4, 0.5) is 22.4 Å². The molecule has 1 heterocycles. The van der Waals surface area contributed by atoms with E-state index in [1.54, 1.807) is 12.3 Å². The summed E-state index contributed by atoms with van der Waals surface area (Å²) in [6.07, 6.45) is -2.98. The fourth-order valence-electron chi connectivity index (χ4n) is 2.73. The van der Waals surface area contributed by atoms with Gasteiger partial charge in [-0.2, -0.15) is 13.2 Å². The summed E-state index contributed by atoms with van der Waals surface area (Å²) in [6, 6.07) is 3.54. The van der Waals surface area contributed by atoms with Crippen molar-refractivity contribution in [1.29, 1.82) is 0 Å². The molecule has 25 heavy (non-hydrogen) atoms. The van der Waals surface area contributed by atoms with Crippen LogP contribution in [0.3, 0.4) is 0 Å². The number of benzene rings is 1. The highest BCUT2D eigenvalue weighted by Crippen LogP contribution is 2.37. The molecule has 1 aromatic carbocycles. The van der Waals surface area contributed by atoms with E-state index in [0.717, 1.165) is 4.90 Å². The van der Waals surface area contributed by atoms with E-state index in [2.05, 4.69) is 5.32 Å². The Morgan fingerprint density at radius 1 is 1.36 bits per heavy atom. The highest BCUT2D eigenvalue weighted by atomic mass is 32.2. The maximum absolute atomic E-state index is 13.8. The van der Waals surface area contributed by atoms with E-state index in [-0.39, 0.29) is 12.1 Å². The molecule has 1 aliphatic rings. The number of carbonyl (C=O) groups excluding carboxylic acids is 1. The quantitative estimate of drug-likeness (QED) is 0.623. The van der Waals surface area contributed by atoms with Gasteiger partial charge in [-0.05, 0) is 18.4 Å². The molecule has 1 aromatic rings. The van der Waals surface area contributed by atoms with Gasteiger partial charge in [0.1, 0.15) is 5.82 Å². The number of hydrogen-bond donors (Lipinski definition) is 2. The molecule has 10 heteroatoms. The van der Waals surface area contributed by atoms with E-state index in [1.807, 2.05) is 0 Å². The van der Waals surface area contributed by atoms with Gasteiger partial charge in [-0.15, -0.1) is 11.8 Å². The van der Waals surface area contributed by atoms with Gasteiger partial charge in [0.15, 0.2) is 0 Å². The van der Waals surface area contributed by atoms with Crippen molar-refractivity contribution in [2.45, 2.75) is 17.6 Å². The molecule has 0 radical (unpaired) electrons. The van der Waals surface area contributed by atoms with E-state index in [1.165, 1.54) is 23.9 Å². The molecule has 0 spiro atoms. The van der Waals surface area contributed by atoms with Gasteiger partial charge < -0.3 is 15.3 Å². The van der Waals surface area contributed by atoms with E-state index < -0.39 is 48.9 Å². The second-order valence-electron chi connectivity index (χ2n) is 5.58. The molecule has 1 aliphatic heterocycles. The predicted molar refractivity (Wildman–Crippen MR) is 82.7 cm³/mol. The third kappa shape index (κ3) is 4.36. The van der Waals surface area contributed by atoms with Gasteiger partial charge in [-0.25, -0.2) is 9.18 Å². The summed E-state index contributed by atoms with van der Waals surface area (Å²) in [7, 11) is 0. The van der Waals surface area contributed by atoms with Gasteiger partial charge in [0, 0.05) is 30.1 Å². The number of hydrogen-bond acceptors (Lipinski definition) is 3. The molecule has 2 N–H and O–H groups in total. The summed E-state index contributed by atoms with van der Waals surface area (Å²) in [5, 5.41) is 11.3. The lowest BCUT2D eigenvalue weighted by Crippen LogP contribution is -2.39. The number of carboxylic acids is 1. The van der Waals surface area contributed by atoms with Crippen LogP contribution in [-0.2, 0) is 11.3 Å². The molecule has 0 saturated carbocycles. The van der Waals surface area contributed by atoms with Crippen molar-refractivity contribution in [2.75, 3.05) is 19.3 Å². The number of halogens is 4. The number of likely N-dealkylation sites (tertiary alicyclic amines) is 1. The summed E-state index contributed by atoms with van der Waals surface area (Å²) >= 11 is 1.27. The first-order valence-corrected chi connectivity index (χ1v) is 8.51. The van der Waals surface area contributed by atoms with Crippen LogP contribution in [0.2, 0.25) is 0 Å². The molecule has 138 valence electrons. The van der Waals surface area contributed by atoms with Crippen molar-refractivity contribution >= 4 is 23.8 Å². The van der Waals surface area contributed by atoms with Crippen LogP contribution in [0.5, 0.6) is 0 Å². The summed E-state index contributed by atoms with van der Waals surface area (Å²) < 4.78 is 52.7. The van der Waals surface area contributed by atoms with Crippen molar-refractivity contribution < 1.29 is 32.3 Å². The molecule has 0 bridgehead atoms. The highest BCUT2D eigenvalue weighted by Gasteiger charge is 2.53. The van der Waals surface area contributed by atoms with E-state index >= 15 is 0 Å². The molecule has 2 rings (SSSR count). The van der Waals surface area contributed by atoms with Gasteiger partial charge in [0.25, 0.3) is 0 Å². The maximum Gasteiger partial charge on any atom is 0.394 e. The summed E-state index contributed by atoms with van der Waals surface area (Å²) in [6.45, 7) is -1.48. The first-order chi connectivity index (χ1) is 11.6. The Kier molecular flexibility index (Phi) is 5.81. The SMILES string of the molecule is CSc1cccc(F)c1CNC(=O)N1C[C@@H](C(F)(F)F)[C@H](C(=O)O)C1. The summed E-state index contributed by atoms with van der Waals surface area (Å²) in [5.41, 5.74) is 0.227. The number of aliphatic carboxylic acids is 1. The van der Waals surface area contributed by atoms with Crippen LogP contribution >= 0.6 is 11.8 Å². The van der Waals surface area contributed by atoms with E-state index in [9.17, 15) is 27.2 Å². The topological polar surface area (TPSA) is 69.6 Å². The Hall–Kier alpha value is -1.97.